The van der Waals surface area contributed by atoms with E-state index >= 15 is 0 Å². The van der Waals surface area contributed by atoms with Crippen LogP contribution < -0.4 is 10.6 Å². The van der Waals surface area contributed by atoms with Gasteiger partial charge in [0.25, 0.3) is 5.91 Å². The van der Waals surface area contributed by atoms with Crippen molar-refractivity contribution in [1.29, 1.82) is 0 Å². The summed E-state index contributed by atoms with van der Waals surface area (Å²) in [4.78, 5) is 37.9. The standard InChI is InChI=1S/C21H29N3O4/c1-2-3-11-22-18(25)16-8-6-15(7-9-16)12-23-20(28)24-13-17-5-4-10-21(17,14-24)19(26)27/h6-9,17H,2-5,10-14H2,1H3,(H,22,25)(H,23,28)(H,26,27)/t17-,21+/m0/s1. The van der Waals surface area contributed by atoms with E-state index in [9.17, 15) is 19.5 Å². The predicted octanol–water partition coefficient (Wildman–Crippen LogP) is 2.61. The van der Waals surface area contributed by atoms with Crippen LogP contribution in [0.25, 0.3) is 0 Å². The van der Waals surface area contributed by atoms with E-state index in [1.165, 1.54) is 0 Å². The zero-order valence-electron chi connectivity index (χ0n) is 16.4. The summed E-state index contributed by atoms with van der Waals surface area (Å²) in [5.41, 5.74) is 0.733. The number of aliphatic carboxylic acids is 1. The lowest BCUT2D eigenvalue weighted by Gasteiger charge is -2.23. The van der Waals surface area contributed by atoms with Crippen molar-refractivity contribution in [3.63, 3.8) is 0 Å². The van der Waals surface area contributed by atoms with Crippen molar-refractivity contribution < 1.29 is 19.5 Å². The summed E-state index contributed by atoms with van der Waals surface area (Å²) in [5.74, 6) is -0.814. The number of likely N-dealkylation sites (tertiary alicyclic amines) is 1. The largest absolute Gasteiger partial charge is 0.481 e. The van der Waals surface area contributed by atoms with Crippen molar-refractivity contribution in [2.45, 2.75) is 45.6 Å². The number of carbonyl (C=O) groups is 3. The van der Waals surface area contributed by atoms with Crippen molar-refractivity contribution in [3.05, 3.63) is 35.4 Å². The summed E-state index contributed by atoms with van der Waals surface area (Å²) in [7, 11) is 0. The number of rotatable bonds is 7. The van der Waals surface area contributed by atoms with E-state index in [2.05, 4.69) is 17.6 Å². The molecule has 0 aromatic heterocycles. The normalized spacial score (nSPS) is 23.3. The molecular formula is C21H29N3O4. The molecule has 3 rings (SSSR count). The number of amides is 3. The molecule has 1 saturated heterocycles. The van der Waals surface area contributed by atoms with E-state index in [1.54, 1.807) is 17.0 Å². The number of unbranched alkanes of at least 4 members (excludes halogenated alkanes) is 1. The number of carboxylic acids is 1. The Kier molecular flexibility index (Phi) is 6.21. The molecule has 2 aliphatic rings. The summed E-state index contributed by atoms with van der Waals surface area (Å²) < 4.78 is 0. The molecular weight excluding hydrogens is 358 g/mol. The summed E-state index contributed by atoms with van der Waals surface area (Å²) in [5, 5.41) is 15.4. The molecule has 0 radical (unpaired) electrons. The number of fused-ring (bicyclic) bond motifs is 1. The van der Waals surface area contributed by atoms with Crippen molar-refractivity contribution in [3.8, 4) is 0 Å². The molecule has 2 fully saturated rings. The first-order chi connectivity index (χ1) is 13.5. The fraction of sp³-hybridized carbons (Fsp3) is 0.571. The highest BCUT2D eigenvalue weighted by atomic mass is 16.4. The third kappa shape index (κ3) is 4.13. The molecule has 2 atom stereocenters. The smallest absolute Gasteiger partial charge is 0.317 e. The topological polar surface area (TPSA) is 98.7 Å². The molecule has 1 aliphatic carbocycles. The number of benzene rings is 1. The Morgan fingerprint density at radius 2 is 1.96 bits per heavy atom. The molecule has 3 N–H and O–H groups in total. The quantitative estimate of drug-likeness (QED) is 0.626. The third-order valence-corrected chi connectivity index (χ3v) is 6.06. The molecule has 1 aliphatic heterocycles. The first kappa shape index (κ1) is 20.2. The first-order valence-corrected chi connectivity index (χ1v) is 10.1. The van der Waals surface area contributed by atoms with Gasteiger partial charge in [-0.05, 0) is 42.9 Å². The van der Waals surface area contributed by atoms with Crippen molar-refractivity contribution in [2.75, 3.05) is 19.6 Å². The summed E-state index contributed by atoms with van der Waals surface area (Å²) in [6.45, 7) is 3.88. The SMILES string of the molecule is CCCCNC(=O)c1ccc(CNC(=O)N2C[C@@H]3CCC[C@@]3(C(=O)O)C2)cc1. The van der Waals surface area contributed by atoms with Crippen molar-refractivity contribution >= 4 is 17.9 Å². The van der Waals surface area contributed by atoms with Crippen molar-refractivity contribution in [1.82, 2.24) is 15.5 Å². The Bertz CT molecular complexity index is 734. The van der Waals surface area contributed by atoms with Crippen LogP contribution in [0.1, 0.15) is 54.9 Å². The van der Waals surface area contributed by atoms with Gasteiger partial charge in [0.05, 0.1) is 5.41 Å². The Hall–Kier alpha value is -2.57. The third-order valence-electron chi connectivity index (χ3n) is 6.06. The number of carboxylic acid groups (broad SMARTS) is 1. The van der Waals surface area contributed by atoms with Gasteiger partial charge in [-0.3, -0.25) is 9.59 Å². The minimum Gasteiger partial charge on any atom is -0.481 e. The second kappa shape index (κ2) is 8.63. The number of nitrogens with one attached hydrogen (secondary N) is 2. The monoisotopic (exact) mass is 387 g/mol. The fourth-order valence-electron chi connectivity index (χ4n) is 4.34. The first-order valence-electron chi connectivity index (χ1n) is 10.1. The van der Waals surface area contributed by atoms with Crippen LogP contribution >= 0.6 is 0 Å². The highest BCUT2D eigenvalue weighted by Crippen LogP contribution is 2.48. The predicted molar refractivity (Wildman–Crippen MR) is 105 cm³/mol. The second-order valence-electron chi connectivity index (χ2n) is 7.90. The van der Waals surface area contributed by atoms with E-state index in [0.29, 0.717) is 31.6 Å². The summed E-state index contributed by atoms with van der Waals surface area (Å²) >= 11 is 0. The second-order valence-corrected chi connectivity index (χ2v) is 7.90. The van der Waals surface area contributed by atoms with Gasteiger partial charge in [-0.15, -0.1) is 0 Å². The van der Waals surface area contributed by atoms with Crippen LogP contribution in [0.15, 0.2) is 24.3 Å². The maximum absolute atomic E-state index is 12.5. The van der Waals surface area contributed by atoms with Crippen LogP contribution in [0.2, 0.25) is 0 Å². The molecule has 1 heterocycles. The Morgan fingerprint density at radius 1 is 1.21 bits per heavy atom. The van der Waals surface area contributed by atoms with Gasteiger partial charge in [-0.1, -0.05) is 31.9 Å². The minimum atomic E-state index is -0.780. The lowest BCUT2D eigenvalue weighted by atomic mass is 9.81. The van der Waals surface area contributed by atoms with Gasteiger partial charge in [-0.2, -0.15) is 0 Å². The average molecular weight is 387 g/mol. The Balaban J connectivity index is 1.50. The molecule has 1 aromatic carbocycles. The number of hydrogen-bond donors (Lipinski definition) is 3. The molecule has 152 valence electrons. The molecule has 0 bridgehead atoms. The summed E-state index contributed by atoms with van der Waals surface area (Å²) in [6.07, 6.45) is 4.43. The van der Waals surface area contributed by atoms with Gasteiger partial charge in [0.15, 0.2) is 0 Å². The molecule has 0 spiro atoms. The summed E-state index contributed by atoms with van der Waals surface area (Å²) in [6, 6.07) is 6.93. The Morgan fingerprint density at radius 3 is 2.61 bits per heavy atom. The number of hydrogen-bond acceptors (Lipinski definition) is 3. The van der Waals surface area contributed by atoms with E-state index < -0.39 is 11.4 Å². The lowest BCUT2D eigenvalue weighted by molar-refractivity contribution is -0.149. The molecule has 1 saturated carbocycles. The van der Waals surface area contributed by atoms with Crippen LogP contribution in [0.3, 0.4) is 0 Å². The van der Waals surface area contributed by atoms with Gasteiger partial charge < -0.3 is 20.6 Å². The van der Waals surface area contributed by atoms with E-state index in [0.717, 1.165) is 31.2 Å². The Labute approximate surface area is 165 Å². The van der Waals surface area contributed by atoms with Crippen LogP contribution in [0.4, 0.5) is 4.79 Å². The zero-order valence-corrected chi connectivity index (χ0v) is 16.4. The molecule has 0 unspecified atom stereocenters. The molecule has 7 nitrogen and oxygen atoms in total. The zero-order chi connectivity index (χ0) is 20.1. The van der Waals surface area contributed by atoms with E-state index in [4.69, 9.17) is 0 Å². The van der Waals surface area contributed by atoms with E-state index in [1.807, 2.05) is 12.1 Å². The maximum Gasteiger partial charge on any atom is 0.317 e. The van der Waals surface area contributed by atoms with Crippen LogP contribution in [-0.2, 0) is 11.3 Å². The van der Waals surface area contributed by atoms with Crippen molar-refractivity contribution in [2.24, 2.45) is 11.3 Å². The molecule has 7 heteroatoms. The van der Waals surface area contributed by atoms with Gasteiger partial charge in [0.1, 0.15) is 0 Å². The number of nitrogens with zero attached hydrogens (tertiary/aromatic N) is 1. The highest BCUT2D eigenvalue weighted by molar-refractivity contribution is 5.94. The van der Waals surface area contributed by atoms with E-state index in [-0.39, 0.29) is 24.4 Å². The van der Waals surface area contributed by atoms with Gasteiger partial charge >= 0.3 is 12.0 Å². The number of urea groups is 1. The fourth-order valence-corrected chi connectivity index (χ4v) is 4.34. The lowest BCUT2D eigenvalue weighted by Crippen LogP contribution is -2.41. The van der Waals surface area contributed by atoms with Gasteiger partial charge in [0.2, 0.25) is 0 Å². The van der Waals surface area contributed by atoms with Crippen LogP contribution in [0, 0.1) is 11.3 Å². The molecule has 28 heavy (non-hydrogen) atoms. The molecule has 1 aromatic rings. The van der Waals surface area contributed by atoms with Gasteiger partial charge in [0, 0.05) is 31.7 Å². The molecule has 3 amide bonds. The maximum atomic E-state index is 12.5. The average Bonchev–Trinajstić information content (AvgIpc) is 3.25. The van der Waals surface area contributed by atoms with Gasteiger partial charge in [-0.25, -0.2) is 4.79 Å². The van der Waals surface area contributed by atoms with Crippen LogP contribution in [-0.4, -0.2) is 47.5 Å². The number of carbonyl (C=O) groups excluding carboxylic acids is 2. The highest BCUT2D eigenvalue weighted by Gasteiger charge is 2.55. The van der Waals surface area contributed by atoms with Crippen LogP contribution in [0.5, 0.6) is 0 Å². The minimum absolute atomic E-state index is 0.0567.